The number of nitrogens with two attached hydrogens (primary N) is 1. The van der Waals surface area contributed by atoms with E-state index in [-0.39, 0.29) is 4.90 Å². The van der Waals surface area contributed by atoms with Crippen LogP contribution in [0.5, 0.6) is 0 Å². The molecule has 0 spiro atoms. The molecule has 20 heavy (non-hydrogen) atoms. The highest BCUT2D eigenvalue weighted by Crippen LogP contribution is 2.27. The molecule has 0 saturated carbocycles. The number of anilines is 2. The van der Waals surface area contributed by atoms with E-state index in [1.807, 2.05) is 6.07 Å². The lowest BCUT2D eigenvalue weighted by molar-refractivity contribution is 0.594. The maximum Gasteiger partial charge on any atom is 0.264 e. The van der Waals surface area contributed by atoms with Crippen molar-refractivity contribution in [1.82, 2.24) is 0 Å². The molecule has 2 rings (SSSR count). The third-order valence-electron chi connectivity index (χ3n) is 2.90. The van der Waals surface area contributed by atoms with Crippen LogP contribution in [0.4, 0.5) is 11.4 Å². The number of nitriles is 1. The monoisotopic (exact) mass is 287 g/mol. The Kier molecular flexibility index (Phi) is 3.63. The molecule has 0 fully saturated rings. The van der Waals surface area contributed by atoms with Gasteiger partial charge in [-0.3, -0.25) is 4.31 Å². The SMILES string of the molecule is CN(c1ccccc1N)S(=O)(=O)c1cccc(C#N)c1. The fourth-order valence-corrected chi connectivity index (χ4v) is 3.06. The van der Waals surface area contributed by atoms with Gasteiger partial charge >= 0.3 is 0 Å². The first-order valence-corrected chi connectivity index (χ1v) is 7.24. The van der Waals surface area contributed by atoms with Gasteiger partial charge in [-0.05, 0) is 30.3 Å². The smallest absolute Gasteiger partial charge is 0.264 e. The zero-order valence-electron chi connectivity index (χ0n) is 10.8. The highest BCUT2D eigenvalue weighted by molar-refractivity contribution is 7.92. The maximum absolute atomic E-state index is 12.5. The lowest BCUT2D eigenvalue weighted by atomic mass is 10.2. The number of hydrogen-bond donors (Lipinski definition) is 1. The first kappa shape index (κ1) is 13.9. The number of hydrogen-bond acceptors (Lipinski definition) is 4. The quantitative estimate of drug-likeness (QED) is 0.874. The predicted octanol–water partition coefficient (Wildman–Crippen LogP) is 1.97. The summed E-state index contributed by atoms with van der Waals surface area (Å²) in [6.07, 6.45) is 0. The van der Waals surface area contributed by atoms with Crippen molar-refractivity contribution in [2.75, 3.05) is 17.1 Å². The van der Waals surface area contributed by atoms with Crippen molar-refractivity contribution < 1.29 is 8.42 Å². The van der Waals surface area contributed by atoms with Gasteiger partial charge in [-0.15, -0.1) is 0 Å². The average molecular weight is 287 g/mol. The second kappa shape index (κ2) is 5.23. The topological polar surface area (TPSA) is 87.2 Å². The summed E-state index contributed by atoms with van der Waals surface area (Å²) in [5.41, 5.74) is 6.85. The molecule has 0 aromatic heterocycles. The number of nitrogen functional groups attached to an aromatic ring is 1. The van der Waals surface area contributed by atoms with Crippen LogP contribution in [0.2, 0.25) is 0 Å². The highest BCUT2D eigenvalue weighted by atomic mass is 32.2. The van der Waals surface area contributed by atoms with E-state index in [1.54, 1.807) is 30.3 Å². The van der Waals surface area contributed by atoms with E-state index in [0.717, 1.165) is 4.31 Å². The maximum atomic E-state index is 12.5. The molecule has 5 nitrogen and oxygen atoms in total. The van der Waals surface area contributed by atoms with Gasteiger partial charge in [-0.25, -0.2) is 8.42 Å². The summed E-state index contributed by atoms with van der Waals surface area (Å²) in [4.78, 5) is 0.0577. The molecule has 6 heteroatoms. The summed E-state index contributed by atoms with van der Waals surface area (Å²) in [6, 6.07) is 14.5. The Morgan fingerprint density at radius 1 is 1.15 bits per heavy atom. The molecule has 0 heterocycles. The van der Waals surface area contributed by atoms with Crippen LogP contribution < -0.4 is 10.0 Å². The molecule has 0 aliphatic rings. The van der Waals surface area contributed by atoms with Gasteiger partial charge in [0.1, 0.15) is 0 Å². The number of sulfonamides is 1. The Hall–Kier alpha value is -2.52. The fraction of sp³-hybridized carbons (Fsp3) is 0.0714. The molecule has 0 radical (unpaired) electrons. The second-order valence-electron chi connectivity index (χ2n) is 4.17. The fourth-order valence-electron chi connectivity index (χ4n) is 1.79. The van der Waals surface area contributed by atoms with E-state index in [9.17, 15) is 8.42 Å². The van der Waals surface area contributed by atoms with Crippen LogP contribution in [-0.4, -0.2) is 15.5 Å². The molecule has 102 valence electrons. The van der Waals surface area contributed by atoms with Gasteiger partial charge in [0, 0.05) is 7.05 Å². The third kappa shape index (κ3) is 2.44. The average Bonchev–Trinajstić information content (AvgIpc) is 2.47. The van der Waals surface area contributed by atoms with Crippen molar-refractivity contribution in [3.63, 3.8) is 0 Å². The van der Waals surface area contributed by atoms with Crippen LogP contribution in [0.25, 0.3) is 0 Å². The largest absolute Gasteiger partial charge is 0.397 e. The van der Waals surface area contributed by atoms with Crippen LogP contribution in [0.15, 0.2) is 53.4 Å². The molecule has 0 amide bonds. The van der Waals surface area contributed by atoms with Crippen molar-refractivity contribution in [1.29, 1.82) is 5.26 Å². The van der Waals surface area contributed by atoms with Gasteiger partial charge < -0.3 is 5.73 Å². The minimum absolute atomic E-state index is 0.0577. The molecule has 0 atom stereocenters. The molecular formula is C14H13N3O2S. The minimum Gasteiger partial charge on any atom is -0.397 e. The Labute approximate surface area is 117 Å². The lowest BCUT2D eigenvalue weighted by Gasteiger charge is -2.21. The first-order chi connectivity index (χ1) is 9.46. The van der Waals surface area contributed by atoms with E-state index >= 15 is 0 Å². The molecule has 2 N–H and O–H groups in total. The van der Waals surface area contributed by atoms with Gasteiger partial charge in [0.05, 0.1) is 27.9 Å². The van der Waals surface area contributed by atoms with Gasteiger partial charge in [0.25, 0.3) is 10.0 Å². The van der Waals surface area contributed by atoms with Crippen LogP contribution in [-0.2, 0) is 10.0 Å². The van der Waals surface area contributed by atoms with Crippen molar-refractivity contribution in [3.05, 3.63) is 54.1 Å². The second-order valence-corrected chi connectivity index (χ2v) is 6.14. The summed E-state index contributed by atoms with van der Waals surface area (Å²) in [5, 5.41) is 8.85. The Balaban J connectivity index is 2.50. The van der Waals surface area contributed by atoms with Crippen molar-refractivity contribution in [3.8, 4) is 6.07 Å². The van der Waals surface area contributed by atoms with Crippen LogP contribution in [0.1, 0.15) is 5.56 Å². The van der Waals surface area contributed by atoms with E-state index in [4.69, 9.17) is 11.0 Å². The van der Waals surface area contributed by atoms with Crippen LogP contribution in [0, 0.1) is 11.3 Å². The van der Waals surface area contributed by atoms with E-state index < -0.39 is 10.0 Å². The lowest BCUT2D eigenvalue weighted by Crippen LogP contribution is -2.27. The highest BCUT2D eigenvalue weighted by Gasteiger charge is 2.22. The molecule has 0 unspecified atom stereocenters. The summed E-state index contributed by atoms with van der Waals surface area (Å²) in [6.45, 7) is 0. The third-order valence-corrected chi connectivity index (χ3v) is 4.66. The van der Waals surface area contributed by atoms with Crippen molar-refractivity contribution in [2.24, 2.45) is 0 Å². The Morgan fingerprint density at radius 3 is 2.50 bits per heavy atom. The van der Waals surface area contributed by atoms with E-state index in [0.29, 0.717) is 16.9 Å². The van der Waals surface area contributed by atoms with Crippen molar-refractivity contribution in [2.45, 2.75) is 4.90 Å². The molecule has 0 aliphatic heterocycles. The summed E-state index contributed by atoms with van der Waals surface area (Å²) < 4.78 is 26.1. The first-order valence-electron chi connectivity index (χ1n) is 5.80. The number of benzene rings is 2. The predicted molar refractivity (Wildman–Crippen MR) is 77.6 cm³/mol. The molecule has 0 aliphatic carbocycles. The zero-order chi connectivity index (χ0) is 14.8. The molecular weight excluding hydrogens is 274 g/mol. The zero-order valence-corrected chi connectivity index (χ0v) is 11.6. The van der Waals surface area contributed by atoms with Crippen LogP contribution >= 0.6 is 0 Å². The molecule has 0 bridgehead atoms. The van der Waals surface area contributed by atoms with Gasteiger partial charge in [0.15, 0.2) is 0 Å². The minimum atomic E-state index is -3.74. The van der Waals surface area contributed by atoms with Gasteiger partial charge in [-0.1, -0.05) is 18.2 Å². The molecule has 0 saturated heterocycles. The summed E-state index contributed by atoms with van der Waals surface area (Å²) >= 11 is 0. The van der Waals surface area contributed by atoms with Crippen LogP contribution in [0.3, 0.4) is 0 Å². The molecule has 2 aromatic carbocycles. The Bertz CT molecular complexity index is 779. The summed E-state index contributed by atoms with van der Waals surface area (Å²) in [5.74, 6) is 0. The number of rotatable bonds is 3. The normalized spacial score (nSPS) is 10.8. The number of para-hydroxylation sites is 2. The van der Waals surface area contributed by atoms with E-state index in [2.05, 4.69) is 0 Å². The van der Waals surface area contributed by atoms with Crippen molar-refractivity contribution >= 4 is 21.4 Å². The van der Waals surface area contributed by atoms with Gasteiger partial charge in [-0.2, -0.15) is 5.26 Å². The number of nitrogens with zero attached hydrogens (tertiary/aromatic N) is 2. The summed E-state index contributed by atoms with van der Waals surface area (Å²) in [7, 11) is -2.31. The standard InChI is InChI=1S/C14H13N3O2S/c1-17(14-8-3-2-7-13(14)16)20(18,19)12-6-4-5-11(9-12)10-15/h2-9H,16H2,1H3. The Morgan fingerprint density at radius 2 is 1.85 bits per heavy atom. The van der Waals surface area contributed by atoms with E-state index in [1.165, 1.54) is 25.2 Å². The molecule has 2 aromatic rings. The van der Waals surface area contributed by atoms with Gasteiger partial charge in [0.2, 0.25) is 0 Å².